The molecule has 7 nitrogen and oxygen atoms in total. The van der Waals surface area contributed by atoms with Gasteiger partial charge in [0.25, 0.3) is 0 Å². The Morgan fingerprint density at radius 1 is 1.17 bits per heavy atom. The fraction of sp³-hybridized carbons (Fsp3) is 0.483. The van der Waals surface area contributed by atoms with Gasteiger partial charge in [-0.05, 0) is 37.3 Å². The molecule has 3 unspecified atom stereocenters. The van der Waals surface area contributed by atoms with Crippen molar-refractivity contribution < 1.29 is 19.0 Å². The van der Waals surface area contributed by atoms with Gasteiger partial charge in [0.15, 0.2) is 5.76 Å². The van der Waals surface area contributed by atoms with Gasteiger partial charge in [-0.15, -0.1) is 6.58 Å². The molecule has 1 aromatic carbocycles. The van der Waals surface area contributed by atoms with Gasteiger partial charge in [-0.2, -0.15) is 5.10 Å². The zero-order valence-electron chi connectivity index (χ0n) is 22.8. The molecule has 0 bridgehead atoms. The largest absolute Gasteiger partial charge is 0.511 e. The highest BCUT2D eigenvalue weighted by Gasteiger charge is 2.31. The van der Waals surface area contributed by atoms with E-state index in [-0.39, 0.29) is 24.0 Å². The second-order valence-corrected chi connectivity index (χ2v) is 10.3. The van der Waals surface area contributed by atoms with Gasteiger partial charge in [0.1, 0.15) is 18.3 Å². The summed E-state index contributed by atoms with van der Waals surface area (Å²) in [6.45, 7) is 20.8. The van der Waals surface area contributed by atoms with Crippen LogP contribution in [0.5, 0.6) is 0 Å². The monoisotopic (exact) mass is 493 g/mol. The fourth-order valence-electron chi connectivity index (χ4n) is 3.84. The van der Waals surface area contributed by atoms with E-state index in [9.17, 15) is 4.79 Å². The molecule has 2 heterocycles. The molecule has 1 aliphatic rings. The van der Waals surface area contributed by atoms with Crippen molar-refractivity contribution in [2.75, 3.05) is 6.61 Å². The van der Waals surface area contributed by atoms with E-state index in [4.69, 9.17) is 19.3 Å². The van der Waals surface area contributed by atoms with Crippen molar-refractivity contribution in [3.63, 3.8) is 0 Å². The van der Waals surface area contributed by atoms with E-state index >= 15 is 0 Å². The van der Waals surface area contributed by atoms with Gasteiger partial charge < -0.3 is 14.2 Å². The molecule has 3 atom stereocenters. The van der Waals surface area contributed by atoms with Gasteiger partial charge in [0.2, 0.25) is 6.29 Å². The number of carbonyl (C=O) groups excluding carboxylic acids is 1. The molecule has 0 radical (unpaired) electrons. The van der Waals surface area contributed by atoms with Crippen LogP contribution < -0.4 is 0 Å². The molecule has 0 aliphatic carbocycles. The maximum absolute atomic E-state index is 12.3. The lowest BCUT2D eigenvalue weighted by molar-refractivity contribution is -0.0686. The Morgan fingerprint density at radius 2 is 1.81 bits per heavy atom. The molecular formula is C29H39N3O4. The molecule has 194 valence electrons. The summed E-state index contributed by atoms with van der Waals surface area (Å²) in [7, 11) is 0. The van der Waals surface area contributed by atoms with Crippen LogP contribution in [0.3, 0.4) is 0 Å². The molecule has 36 heavy (non-hydrogen) atoms. The number of aromatic nitrogens is 2. The Morgan fingerprint density at radius 3 is 2.33 bits per heavy atom. The molecule has 0 saturated heterocycles. The number of rotatable bonds is 10. The average molecular weight is 494 g/mol. The molecule has 0 spiro atoms. The molecule has 1 aliphatic heterocycles. The van der Waals surface area contributed by atoms with Gasteiger partial charge in [0.05, 0.1) is 5.69 Å². The molecule has 0 amide bonds. The number of benzene rings is 1. The van der Waals surface area contributed by atoms with Gasteiger partial charge >= 0.3 is 6.16 Å². The Bertz CT molecular complexity index is 1150. The highest BCUT2D eigenvalue weighted by molar-refractivity contribution is 6.04. The first kappa shape index (κ1) is 27.2. The third-order valence-electron chi connectivity index (χ3n) is 6.25. The predicted molar refractivity (Wildman–Crippen MR) is 144 cm³/mol. The van der Waals surface area contributed by atoms with E-state index in [1.54, 1.807) is 13.0 Å². The summed E-state index contributed by atoms with van der Waals surface area (Å²) in [6, 6.07) is 8.37. The van der Waals surface area contributed by atoms with Crippen LogP contribution in [0.1, 0.15) is 69.6 Å². The average Bonchev–Trinajstić information content (AvgIpc) is 3.61. The second kappa shape index (κ2) is 11.1. The Labute approximate surface area is 214 Å². The normalized spacial score (nSPS) is 17.2. The van der Waals surface area contributed by atoms with Crippen molar-refractivity contribution in [2.24, 2.45) is 10.9 Å². The number of aliphatic imine (C=N–C) groups is 1. The quantitative estimate of drug-likeness (QED) is 0.164. The van der Waals surface area contributed by atoms with Crippen molar-refractivity contribution in [1.29, 1.82) is 0 Å². The Balaban J connectivity index is 2.03. The SMILES string of the molecule is C=CC(C)COC(=O)OC(C)O/C(=C(\c1ccc(C(C)(C)C)cc1)C1C=N1)c1c(C)c(C)nn1CC. The predicted octanol–water partition coefficient (Wildman–Crippen LogP) is 6.48. The number of carbonyl (C=O) groups is 1. The minimum Gasteiger partial charge on any atom is -0.452 e. The van der Waals surface area contributed by atoms with E-state index in [2.05, 4.69) is 56.6 Å². The first-order valence-electron chi connectivity index (χ1n) is 12.5. The van der Waals surface area contributed by atoms with Crippen LogP contribution in [0.15, 0.2) is 41.9 Å². The summed E-state index contributed by atoms with van der Waals surface area (Å²) in [4.78, 5) is 16.8. The molecule has 3 rings (SSSR count). The van der Waals surface area contributed by atoms with Crippen molar-refractivity contribution in [3.8, 4) is 0 Å². The highest BCUT2D eigenvalue weighted by Crippen LogP contribution is 2.38. The topological polar surface area (TPSA) is 74.9 Å². The third kappa shape index (κ3) is 6.45. The van der Waals surface area contributed by atoms with E-state index in [0.29, 0.717) is 12.3 Å². The molecule has 1 aromatic heterocycles. The summed E-state index contributed by atoms with van der Waals surface area (Å²) in [5.74, 6) is 0.629. The van der Waals surface area contributed by atoms with Crippen LogP contribution in [0.2, 0.25) is 0 Å². The van der Waals surface area contributed by atoms with Crippen LogP contribution in [-0.4, -0.2) is 41.1 Å². The van der Waals surface area contributed by atoms with Crippen LogP contribution >= 0.6 is 0 Å². The minimum atomic E-state index is -0.894. The maximum Gasteiger partial charge on any atom is 0.511 e. The molecule has 2 aromatic rings. The van der Waals surface area contributed by atoms with Crippen molar-refractivity contribution in [3.05, 3.63) is 65.0 Å². The Kier molecular flexibility index (Phi) is 8.43. The van der Waals surface area contributed by atoms with Crippen molar-refractivity contribution in [2.45, 2.75) is 79.7 Å². The van der Waals surface area contributed by atoms with Crippen LogP contribution in [-0.2, 0) is 26.2 Å². The first-order valence-corrected chi connectivity index (χ1v) is 12.5. The van der Waals surface area contributed by atoms with Gasteiger partial charge in [-0.3, -0.25) is 9.67 Å². The van der Waals surface area contributed by atoms with Crippen molar-refractivity contribution in [1.82, 2.24) is 9.78 Å². The van der Waals surface area contributed by atoms with Crippen LogP contribution in [0, 0.1) is 19.8 Å². The molecule has 0 saturated carbocycles. The summed E-state index contributed by atoms with van der Waals surface area (Å²) in [5.41, 5.74) is 5.96. The standard InChI is InChI=1S/C29H39N3O4/c1-10-18(3)17-34-28(33)36-21(6)35-27(26-19(4)20(5)31-32(26)11-2)25(24-16-30-24)22-12-14-23(15-13-22)29(7,8)9/h10,12-16,18,21,24H,1,11,17H2,2-9H3/b27-25+. The fourth-order valence-corrected chi connectivity index (χ4v) is 3.84. The lowest BCUT2D eigenvalue weighted by Gasteiger charge is -2.23. The van der Waals surface area contributed by atoms with E-state index in [0.717, 1.165) is 28.1 Å². The second-order valence-electron chi connectivity index (χ2n) is 10.3. The number of hydrogen-bond acceptors (Lipinski definition) is 6. The summed E-state index contributed by atoms with van der Waals surface area (Å²) in [5, 5.41) is 4.70. The number of hydrogen-bond donors (Lipinski definition) is 0. The highest BCUT2D eigenvalue weighted by atomic mass is 16.8. The van der Waals surface area contributed by atoms with E-state index < -0.39 is 12.4 Å². The summed E-state index contributed by atoms with van der Waals surface area (Å²) in [6.07, 6.45) is 1.93. The third-order valence-corrected chi connectivity index (χ3v) is 6.25. The van der Waals surface area contributed by atoms with E-state index in [1.807, 2.05) is 38.6 Å². The lowest BCUT2D eigenvalue weighted by Crippen LogP contribution is -2.22. The molecule has 0 fully saturated rings. The summed E-state index contributed by atoms with van der Waals surface area (Å²) >= 11 is 0. The number of aryl methyl sites for hydroxylation is 2. The van der Waals surface area contributed by atoms with E-state index in [1.165, 1.54) is 5.56 Å². The number of ether oxygens (including phenoxy) is 3. The summed E-state index contributed by atoms with van der Waals surface area (Å²) < 4.78 is 19.0. The molecule has 7 heteroatoms. The van der Waals surface area contributed by atoms with Gasteiger partial charge in [-0.1, -0.05) is 58.0 Å². The lowest BCUT2D eigenvalue weighted by atomic mass is 9.85. The number of nitrogens with zero attached hydrogens (tertiary/aromatic N) is 3. The first-order chi connectivity index (χ1) is 17.0. The maximum atomic E-state index is 12.3. The van der Waals surface area contributed by atoms with Crippen LogP contribution in [0.25, 0.3) is 11.3 Å². The molecule has 0 N–H and O–H groups in total. The minimum absolute atomic E-state index is 0.0310. The zero-order chi connectivity index (χ0) is 26.6. The van der Waals surface area contributed by atoms with Gasteiger partial charge in [0, 0.05) is 36.7 Å². The van der Waals surface area contributed by atoms with Gasteiger partial charge in [-0.25, -0.2) is 4.79 Å². The van der Waals surface area contributed by atoms with Crippen LogP contribution in [0.4, 0.5) is 4.79 Å². The smallest absolute Gasteiger partial charge is 0.452 e. The Hall–Kier alpha value is -3.35. The molecular weight excluding hydrogens is 454 g/mol. The zero-order valence-corrected chi connectivity index (χ0v) is 22.8. The van der Waals surface area contributed by atoms with Crippen molar-refractivity contribution >= 4 is 23.7 Å².